The van der Waals surface area contributed by atoms with Gasteiger partial charge in [-0.3, -0.25) is 4.52 Å². The summed E-state index contributed by atoms with van der Waals surface area (Å²) in [6, 6.07) is 0. The van der Waals surface area contributed by atoms with Crippen LogP contribution in [0.2, 0.25) is 0 Å². The third-order valence-corrected chi connectivity index (χ3v) is 6.23. The first-order valence-corrected chi connectivity index (χ1v) is 14.1. The predicted molar refractivity (Wildman–Crippen MR) is 128 cm³/mol. The number of hydrogen-bond acceptors (Lipinski definition) is 4. The van der Waals surface area contributed by atoms with Crippen LogP contribution in [0.15, 0.2) is 12.2 Å². The second kappa shape index (κ2) is 22.9. The van der Waals surface area contributed by atoms with Crippen molar-refractivity contribution in [2.24, 2.45) is 5.92 Å². The highest BCUT2D eigenvalue weighted by molar-refractivity contribution is 7.46. The zero-order valence-corrected chi connectivity index (χ0v) is 20.5. The minimum Gasteiger partial charge on any atom is -0.396 e. The van der Waals surface area contributed by atoms with Gasteiger partial charge in [-0.15, -0.1) is 0 Å². The minimum absolute atomic E-state index is 0.142. The van der Waals surface area contributed by atoms with Crippen LogP contribution in [0.5, 0.6) is 0 Å². The van der Waals surface area contributed by atoms with Gasteiger partial charge in [0.05, 0.1) is 6.61 Å². The molecule has 6 nitrogen and oxygen atoms in total. The molecule has 0 aromatic carbocycles. The summed E-state index contributed by atoms with van der Waals surface area (Å²) in [6.07, 6.45) is 24.9. The molecule has 0 spiro atoms. The molecule has 0 amide bonds. The molecule has 0 aliphatic rings. The zero-order chi connectivity index (χ0) is 23.0. The lowest BCUT2D eigenvalue weighted by atomic mass is 9.91. The smallest absolute Gasteiger partial charge is 0.396 e. The third-order valence-electron chi connectivity index (χ3n) is 5.72. The third kappa shape index (κ3) is 25.9. The average molecular weight is 465 g/mol. The summed E-state index contributed by atoms with van der Waals surface area (Å²) >= 11 is 0. The van der Waals surface area contributed by atoms with Gasteiger partial charge in [-0.05, 0) is 63.7 Å². The first-order chi connectivity index (χ1) is 15.0. The highest BCUT2D eigenvalue weighted by Crippen LogP contribution is 2.35. The van der Waals surface area contributed by atoms with E-state index in [-0.39, 0.29) is 19.8 Å². The summed E-state index contributed by atoms with van der Waals surface area (Å²) in [4.78, 5) is 17.2. The van der Waals surface area contributed by atoms with Crippen molar-refractivity contribution in [3.8, 4) is 0 Å². The molecule has 186 valence electrons. The van der Waals surface area contributed by atoms with Gasteiger partial charge < -0.3 is 20.0 Å². The quantitative estimate of drug-likeness (QED) is 0.0761. The maximum Gasteiger partial charge on any atom is 0.469 e. The van der Waals surface area contributed by atoms with Gasteiger partial charge in [0.1, 0.15) is 0 Å². The van der Waals surface area contributed by atoms with Crippen LogP contribution in [0.1, 0.15) is 116 Å². The minimum atomic E-state index is -4.29. The lowest BCUT2D eigenvalue weighted by molar-refractivity contribution is 0.193. The molecular formula is C24H49O6P. The number of aliphatic hydroxyl groups is 2. The molecule has 0 aliphatic heterocycles. The summed E-state index contributed by atoms with van der Waals surface area (Å²) in [7, 11) is -4.29. The van der Waals surface area contributed by atoms with Gasteiger partial charge in [0, 0.05) is 13.2 Å². The van der Waals surface area contributed by atoms with Crippen LogP contribution in [0.25, 0.3) is 0 Å². The van der Waals surface area contributed by atoms with Crippen molar-refractivity contribution in [3.05, 3.63) is 12.2 Å². The van der Waals surface area contributed by atoms with Crippen LogP contribution in [0, 0.1) is 5.92 Å². The Morgan fingerprint density at radius 1 is 0.613 bits per heavy atom. The van der Waals surface area contributed by atoms with Crippen LogP contribution < -0.4 is 0 Å². The first kappa shape index (κ1) is 30.8. The van der Waals surface area contributed by atoms with Crippen molar-refractivity contribution in [2.75, 3.05) is 19.8 Å². The van der Waals surface area contributed by atoms with E-state index in [0.717, 1.165) is 44.9 Å². The Bertz CT molecular complexity index is 430. The highest BCUT2D eigenvalue weighted by atomic mass is 31.2. The SMILES string of the molecule is O=P(O)(O)OCCCCCCCC/C=C\CCCCCCCC(CCCO)CCCO. The molecule has 0 saturated carbocycles. The summed E-state index contributed by atoms with van der Waals surface area (Å²) in [5.74, 6) is 0.670. The van der Waals surface area contributed by atoms with Gasteiger partial charge in [0.15, 0.2) is 0 Å². The number of unbranched alkanes of at least 4 members (excludes halogenated alkanes) is 11. The second-order valence-corrected chi connectivity index (χ2v) is 9.89. The van der Waals surface area contributed by atoms with E-state index in [1.165, 1.54) is 64.2 Å². The maximum absolute atomic E-state index is 10.5. The Balaban J connectivity index is 3.36. The molecule has 0 bridgehead atoms. The van der Waals surface area contributed by atoms with Crippen LogP contribution in [0.4, 0.5) is 0 Å². The van der Waals surface area contributed by atoms with Crippen molar-refractivity contribution in [3.63, 3.8) is 0 Å². The molecule has 7 heteroatoms. The van der Waals surface area contributed by atoms with E-state index < -0.39 is 7.82 Å². The van der Waals surface area contributed by atoms with Crippen molar-refractivity contribution in [1.29, 1.82) is 0 Å². The van der Waals surface area contributed by atoms with Gasteiger partial charge in [-0.25, -0.2) is 4.57 Å². The number of allylic oxidation sites excluding steroid dienone is 2. The number of phosphoric acid groups is 1. The van der Waals surface area contributed by atoms with E-state index in [1.54, 1.807) is 0 Å². The molecule has 0 atom stereocenters. The summed E-state index contributed by atoms with van der Waals surface area (Å²) in [6.45, 7) is 0.703. The van der Waals surface area contributed by atoms with E-state index in [4.69, 9.17) is 20.0 Å². The zero-order valence-electron chi connectivity index (χ0n) is 19.6. The lowest BCUT2D eigenvalue weighted by Gasteiger charge is -2.15. The summed E-state index contributed by atoms with van der Waals surface area (Å²) in [5, 5.41) is 18.0. The molecule has 4 N–H and O–H groups in total. The average Bonchev–Trinajstić information content (AvgIpc) is 2.73. The van der Waals surface area contributed by atoms with E-state index in [0.29, 0.717) is 12.3 Å². The molecule has 0 radical (unpaired) electrons. The van der Waals surface area contributed by atoms with Crippen LogP contribution in [-0.2, 0) is 9.09 Å². The molecular weight excluding hydrogens is 415 g/mol. The number of rotatable bonds is 24. The Morgan fingerprint density at radius 3 is 1.52 bits per heavy atom. The molecule has 0 saturated heterocycles. The lowest BCUT2D eigenvalue weighted by Crippen LogP contribution is -2.03. The molecule has 0 rings (SSSR count). The van der Waals surface area contributed by atoms with Gasteiger partial charge in [0.25, 0.3) is 0 Å². The Kier molecular flexibility index (Phi) is 22.8. The van der Waals surface area contributed by atoms with Crippen molar-refractivity contribution >= 4 is 7.82 Å². The second-order valence-electron chi connectivity index (χ2n) is 8.65. The molecule has 0 unspecified atom stereocenters. The first-order valence-electron chi connectivity index (χ1n) is 12.6. The molecule has 0 fully saturated rings. The largest absolute Gasteiger partial charge is 0.469 e. The molecule has 31 heavy (non-hydrogen) atoms. The summed E-state index contributed by atoms with van der Waals surface area (Å²) in [5.41, 5.74) is 0. The van der Waals surface area contributed by atoms with Crippen LogP contribution in [0.3, 0.4) is 0 Å². The summed E-state index contributed by atoms with van der Waals surface area (Å²) < 4.78 is 15.0. The van der Waals surface area contributed by atoms with Crippen LogP contribution >= 0.6 is 7.82 Å². The fraction of sp³-hybridized carbons (Fsp3) is 0.917. The molecule has 0 aromatic heterocycles. The maximum atomic E-state index is 10.5. The van der Waals surface area contributed by atoms with E-state index in [2.05, 4.69) is 16.7 Å². The molecule has 0 heterocycles. The van der Waals surface area contributed by atoms with E-state index >= 15 is 0 Å². The number of phosphoric ester groups is 1. The fourth-order valence-corrected chi connectivity index (χ4v) is 4.28. The predicted octanol–water partition coefficient (Wildman–Crippen LogP) is 6.27. The Morgan fingerprint density at radius 2 is 1.03 bits per heavy atom. The topological polar surface area (TPSA) is 107 Å². The Labute approximate surface area is 190 Å². The molecule has 0 aromatic rings. The number of hydrogen-bond donors (Lipinski definition) is 4. The fourth-order valence-electron chi connectivity index (χ4n) is 3.91. The number of aliphatic hydroxyl groups excluding tert-OH is 2. The van der Waals surface area contributed by atoms with Crippen molar-refractivity contribution in [1.82, 2.24) is 0 Å². The van der Waals surface area contributed by atoms with Gasteiger partial charge in [-0.1, -0.05) is 69.9 Å². The molecule has 0 aliphatic carbocycles. The highest BCUT2D eigenvalue weighted by Gasteiger charge is 2.12. The van der Waals surface area contributed by atoms with Crippen molar-refractivity contribution in [2.45, 2.75) is 116 Å². The van der Waals surface area contributed by atoms with Crippen molar-refractivity contribution < 1.29 is 29.1 Å². The normalized spacial score (nSPS) is 12.4. The standard InChI is InChI=1S/C24H49O6P/c25-21-16-19-24(20-17-22-26)18-14-12-10-8-6-4-2-1-3-5-7-9-11-13-15-23-30-31(27,28)29/h1-2,24-26H,3-23H2,(H2,27,28,29)/b2-1-. The monoisotopic (exact) mass is 464 g/mol. The van der Waals surface area contributed by atoms with Gasteiger partial charge in [0.2, 0.25) is 0 Å². The van der Waals surface area contributed by atoms with Gasteiger partial charge >= 0.3 is 7.82 Å². The van der Waals surface area contributed by atoms with E-state index in [1.807, 2.05) is 0 Å². The Hall–Kier alpha value is -0.230. The van der Waals surface area contributed by atoms with Crippen LogP contribution in [-0.4, -0.2) is 39.8 Å². The van der Waals surface area contributed by atoms with E-state index in [9.17, 15) is 4.57 Å². The van der Waals surface area contributed by atoms with Gasteiger partial charge in [-0.2, -0.15) is 0 Å².